The van der Waals surface area contributed by atoms with E-state index < -0.39 is 0 Å². The molecule has 0 radical (unpaired) electrons. The van der Waals surface area contributed by atoms with Crippen molar-refractivity contribution < 1.29 is 0 Å². The zero-order chi connectivity index (χ0) is 7.84. The van der Waals surface area contributed by atoms with Gasteiger partial charge in [0.1, 0.15) is 5.82 Å². The van der Waals surface area contributed by atoms with Crippen LogP contribution in [0.25, 0.3) is 0 Å². The Morgan fingerprint density at radius 2 is 2.45 bits per heavy atom. The molecule has 1 unspecified atom stereocenters. The van der Waals surface area contributed by atoms with Crippen LogP contribution in [0, 0.1) is 0 Å². The van der Waals surface area contributed by atoms with Crippen LogP contribution >= 0.6 is 22.6 Å². The van der Waals surface area contributed by atoms with Crippen molar-refractivity contribution >= 4 is 22.6 Å². The summed E-state index contributed by atoms with van der Waals surface area (Å²) in [5.41, 5.74) is 0. The molecule has 0 spiro atoms. The summed E-state index contributed by atoms with van der Waals surface area (Å²) in [6, 6.07) is 0.768. The molecule has 0 saturated heterocycles. The Labute approximate surface area is 80.2 Å². The van der Waals surface area contributed by atoms with Crippen molar-refractivity contribution in [1.82, 2.24) is 9.55 Å². The molecular weight excluding hydrogens is 251 g/mol. The first-order valence-electron chi connectivity index (χ1n) is 3.96. The lowest BCUT2D eigenvalue weighted by Gasteiger charge is -2.06. The minimum atomic E-state index is 0.531. The van der Waals surface area contributed by atoms with Gasteiger partial charge in [0.25, 0.3) is 0 Å². The van der Waals surface area contributed by atoms with Crippen LogP contribution in [0.4, 0.5) is 0 Å². The molecular formula is C8H11IN2. The Kier molecular flexibility index (Phi) is 1.91. The zero-order valence-corrected chi connectivity index (χ0v) is 8.65. The SMILES string of the molecule is CC(I)c1nccn1C1CC1. The summed E-state index contributed by atoms with van der Waals surface area (Å²) in [6.07, 6.45) is 6.68. The third kappa shape index (κ3) is 1.43. The summed E-state index contributed by atoms with van der Waals surface area (Å²) in [5, 5.41) is 0. The van der Waals surface area contributed by atoms with Crippen LogP contribution in [0.3, 0.4) is 0 Å². The second kappa shape index (κ2) is 2.77. The number of halogens is 1. The highest BCUT2D eigenvalue weighted by Gasteiger charge is 2.26. The number of rotatable bonds is 2. The molecule has 1 aromatic rings. The average molecular weight is 262 g/mol. The van der Waals surface area contributed by atoms with Crippen LogP contribution < -0.4 is 0 Å². The van der Waals surface area contributed by atoms with Gasteiger partial charge in [0.15, 0.2) is 0 Å². The van der Waals surface area contributed by atoms with Gasteiger partial charge in [-0.2, -0.15) is 0 Å². The van der Waals surface area contributed by atoms with E-state index in [0.717, 1.165) is 6.04 Å². The number of hydrogen-bond donors (Lipinski definition) is 0. The van der Waals surface area contributed by atoms with Gasteiger partial charge in [0.05, 0.1) is 3.92 Å². The van der Waals surface area contributed by atoms with E-state index in [1.165, 1.54) is 18.7 Å². The Morgan fingerprint density at radius 1 is 1.73 bits per heavy atom. The van der Waals surface area contributed by atoms with Crippen molar-refractivity contribution in [1.29, 1.82) is 0 Å². The molecule has 1 aromatic heterocycles. The van der Waals surface area contributed by atoms with Crippen LogP contribution in [0.5, 0.6) is 0 Å². The van der Waals surface area contributed by atoms with Crippen LogP contribution in [-0.2, 0) is 0 Å². The first-order chi connectivity index (χ1) is 5.29. The summed E-state index contributed by atoms with van der Waals surface area (Å²) < 4.78 is 2.85. The van der Waals surface area contributed by atoms with Gasteiger partial charge in [-0.3, -0.25) is 0 Å². The Balaban J connectivity index is 2.30. The van der Waals surface area contributed by atoms with E-state index >= 15 is 0 Å². The highest BCUT2D eigenvalue weighted by atomic mass is 127. The zero-order valence-electron chi connectivity index (χ0n) is 6.50. The van der Waals surface area contributed by atoms with Gasteiger partial charge in [0, 0.05) is 18.4 Å². The van der Waals surface area contributed by atoms with Crippen molar-refractivity contribution in [3.8, 4) is 0 Å². The topological polar surface area (TPSA) is 17.8 Å². The molecule has 2 nitrogen and oxygen atoms in total. The molecule has 1 heterocycles. The monoisotopic (exact) mass is 262 g/mol. The Bertz CT molecular complexity index is 234. The fourth-order valence-electron chi connectivity index (χ4n) is 1.29. The molecule has 1 saturated carbocycles. The minimum Gasteiger partial charge on any atom is -0.331 e. The largest absolute Gasteiger partial charge is 0.331 e. The summed E-state index contributed by atoms with van der Waals surface area (Å²) in [7, 11) is 0. The predicted octanol–water partition coefficient (Wildman–Crippen LogP) is 2.71. The molecule has 1 aliphatic carbocycles. The maximum Gasteiger partial charge on any atom is 0.121 e. The first-order valence-corrected chi connectivity index (χ1v) is 5.20. The highest BCUT2D eigenvalue weighted by molar-refractivity contribution is 14.1. The molecule has 0 amide bonds. The molecule has 11 heavy (non-hydrogen) atoms. The number of imidazole rings is 1. The fraction of sp³-hybridized carbons (Fsp3) is 0.625. The molecule has 3 heteroatoms. The van der Waals surface area contributed by atoms with E-state index in [2.05, 4.69) is 45.3 Å². The second-order valence-corrected chi connectivity index (χ2v) is 4.91. The molecule has 1 atom stereocenters. The maximum atomic E-state index is 4.33. The van der Waals surface area contributed by atoms with Crippen LogP contribution in [0.1, 0.15) is 35.6 Å². The van der Waals surface area contributed by atoms with E-state index in [1.807, 2.05) is 6.20 Å². The van der Waals surface area contributed by atoms with E-state index in [4.69, 9.17) is 0 Å². The van der Waals surface area contributed by atoms with E-state index in [-0.39, 0.29) is 0 Å². The summed E-state index contributed by atoms with van der Waals surface area (Å²) in [5.74, 6) is 1.23. The summed E-state index contributed by atoms with van der Waals surface area (Å²) in [6.45, 7) is 2.18. The number of aromatic nitrogens is 2. The lowest BCUT2D eigenvalue weighted by molar-refractivity contribution is 0.689. The maximum absolute atomic E-state index is 4.33. The van der Waals surface area contributed by atoms with Gasteiger partial charge in [-0.15, -0.1) is 0 Å². The van der Waals surface area contributed by atoms with Gasteiger partial charge < -0.3 is 4.57 Å². The van der Waals surface area contributed by atoms with Crippen molar-refractivity contribution in [2.24, 2.45) is 0 Å². The smallest absolute Gasteiger partial charge is 0.121 e. The van der Waals surface area contributed by atoms with E-state index in [1.54, 1.807) is 0 Å². The molecule has 1 aliphatic rings. The van der Waals surface area contributed by atoms with E-state index in [0.29, 0.717) is 3.92 Å². The molecule has 0 N–H and O–H groups in total. The van der Waals surface area contributed by atoms with Gasteiger partial charge in [-0.25, -0.2) is 4.98 Å². The lowest BCUT2D eigenvalue weighted by Crippen LogP contribution is -2.00. The molecule has 2 rings (SSSR count). The van der Waals surface area contributed by atoms with Crippen LogP contribution in [0.15, 0.2) is 12.4 Å². The van der Waals surface area contributed by atoms with Crippen molar-refractivity contribution in [3.05, 3.63) is 18.2 Å². The van der Waals surface area contributed by atoms with Crippen LogP contribution in [0.2, 0.25) is 0 Å². The highest BCUT2D eigenvalue weighted by Crippen LogP contribution is 2.37. The number of alkyl halides is 1. The third-order valence-electron chi connectivity index (χ3n) is 1.99. The third-order valence-corrected chi connectivity index (χ3v) is 2.55. The molecule has 1 fully saturated rings. The molecule has 0 aliphatic heterocycles. The van der Waals surface area contributed by atoms with Gasteiger partial charge >= 0.3 is 0 Å². The van der Waals surface area contributed by atoms with Crippen LogP contribution in [-0.4, -0.2) is 9.55 Å². The van der Waals surface area contributed by atoms with Crippen molar-refractivity contribution in [3.63, 3.8) is 0 Å². The molecule has 60 valence electrons. The quantitative estimate of drug-likeness (QED) is 0.592. The normalized spacial score (nSPS) is 20.2. The van der Waals surface area contributed by atoms with Gasteiger partial charge in [-0.1, -0.05) is 22.6 Å². The fourth-order valence-corrected chi connectivity index (χ4v) is 1.78. The lowest BCUT2D eigenvalue weighted by atomic mass is 10.4. The first kappa shape index (κ1) is 7.58. The predicted molar refractivity (Wildman–Crippen MR) is 52.9 cm³/mol. The summed E-state index contributed by atoms with van der Waals surface area (Å²) in [4.78, 5) is 4.33. The number of hydrogen-bond acceptors (Lipinski definition) is 1. The standard InChI is InChI=1S/C8H11IN2/c1-6(9)8-10-4-5-11(8)7-2-3-7/h4-7H,2-3H2,1H3. The minimum absolute atomic E-state index is 0.531. The van der Waals surface area contributed by atoms with Gasteiger partial charge in [-0.05, 0) is 19.8 Å². The average Bonchev–Trinajstić information content (AvgIpc) is 2.68. The van der Waals surface area contributed by atoms with E-state index in [9.17, 15) is 0 Å². The molecule has 0 bridgehead atoms. The second-order valence-electron chi connectivity index (χ2n) is 3.04. The van der Waals surface area contributed by atoms with Gasteiger partial charge in [0.2, 0.25) is 0 Å². The van der Waals surface area contributed by atoms with Crippen molar-refractivity contribution in [2.75, 3.05) is 0 Å². The summed E-state index contributed by atoms with van der Waals surface area (Å²) >= 11 is 2.41. The Morgan fingerprint density at radius 3 is 3.00 bits per heavy atom. The Hall–Kier alpha value is -0.0600. The van der Waals surface area contributed by atoms with Crippen molar-refractivity contribution in [2.45, 2.75) is 29.7 Å². The number of nitrogens with zero attached hydrogens (tertiary/aromatic N) is 2. The molecule has 0 aromatic carbocycles.